The van der Waals surface area contributed by atoms with E-state index in [0.29, 0.717) is 24.4 Å². The number of carbonyl (C=O) groups excluding carboxylic acids is 1. The summed E-state index contributed by atoms with van der Waals surface area (Å²) in [5.41, 5.74) is 3.33. The molecule has 0 unspecified atom stereocenters. The first-order valence-corrected chi connectivity index (χ1v) is 7.84. The van der Waals surface area contributed by atoms with E-state index in [4.69, 9.17) is 4.74 Å². The fourth-order valence-corrected chi connectivity index (χ4v) is 2.66. The molecule has 8 heteroatoms. The Labute approximate surface area is 194 Å². The van der Waals surface area contributed by atoms with Crippen LogP contribution in [-0.4, -0.2) is 29.2 Å². The quantitative estimate of drug-likeness (QED) is 0.462. The second-order valence-corrected chi connectivity index (χ2v) is 5.46. The van der Waals surface area contributed by atoms with Gasteiger partial charge in [0.15, 0.2) is 0 Å². The summed E-state index contributed by atoms with van der Waals surface area (Å²) in [6.45, 7) is 8.87. The molecule has 2 aromatic rings. The predicted octanol–water partition coefficient (Wildman–Crippen LogP) is -4.47. The van der Waals surface area contributed by atoms with E-state index in [1.54, 1.807) is 23.1 Å². The zero-order valence-electron chi connectivity index (χ0n) is 15.7. The smallest absolute Gasteiger partial charge is 1.00 e. The van der Waals surface area contributed by atoms with Crippen LogP contribution in [0.2, 0.25) is 0 Å². The molecular weight excluding hydrogens is 444 g/mol. The van der Waals surface area contributed by atoms with E-state index >= 15 is 0 Å². The van der Waals surface area contributed by atoms with Gasteiger partial charge in [-0.2, -0.15) is 0 Å². The molecule has 0 bridgehead atoms. The van der Waals surface area contributed by atoms with Crippen LogP contribution in [0.25, 0.3) is 11.1 Å². The van der Waals surface area contributed by atoms with Crippen molar-refractivity contribution < 1.29 is 73.6 Å². The summed E-state index contributed by atoms with van der Waals surface area (Å²) in [5, 5.41) is 10.3. The van der Waals surface area contributed by atoms with Crippen LogP contribution >= 0.6 is 0 Å². The first-order valence-electron chi connectivity index (χ1n) is 7.84. The van der Waals surface area contributed by atoms with Gasteiger partial charge in [-0.05, 0) is 51.0 Å². The van der Waals surface area contributed by atoms with Gasteiger partial charge in [0.05, 0.1) is 0 Å². The van der Waals surface area contributed by atoms with Gasteiger partial charge in [0.25, 0.3) is 0 Å². The third-order valence-corrected chi connectivity index (χ3v) is 3.95. The summed E-state index contributed by atoms with van der Waals surface area (Å²) >= 11 is 0. The molecule has 147 valence electrons. The summed E-state index contributed by atoms with van der Waals surface area (Å²) < 4.78 is 5.61. The van der Waals surface area contributed by atoms with Gasteiger partial charge in [0.1, 0.15) is 11.5 Å². The summed E-state index contributed by atoms with van der Waals surface area (Å²) in [5.74, 6) is 0.644. The van der Waals surface area contributed by atoms with E-state index in [2.05, 4.69) is 0 Å². The van der Waals surface area contributed by atoms with Crippen molar-refractivity contribution in [2.75, 3.05) is 13.1 Å². The number of hydrogen-bond donors (Lipinski definition) is 1. The second-order valence-electron chi connectivity index (χ2n) is 5.46. The first-order chi connectivity index (χ1) is 11.0. The van der Waals surface area contributed by atoms with Gasteiger partial charge in [-0.3, -0.25) is 0 Å². The van der Waals surface area contributed by atoms with Crippen molar-refractivity contribution in [2.45, 2.75) is 27.7 Å². The number of halogens is 3. The number of ether oxygens (including phenoxy) is 1. The van der Waals surface area contributed by atoms with Gasteiger partial charge < -0.3 is 52.0 Å². The molecule has 27 heavy (non-hydrogen) atoms. The molecule has 1 radical (unpaired) electrons. The van der Waals surface area contributed by atoms with E-state index in [9.17, 15) is 9.90 Å². The van der Waals surface area contributed by atoms with Crippen molar-refractivity contribution in [1.82, 2.24) is 4.90 Å². The van der Waals surface area contributed by atoms with Crippen molar-refractivity contribution in [3.05, 3.63) is 47.5 Å². The first kappa shape index (κ1) is 30.8. The number of amides is 1. The number of hydrogen-bond acceptors (Lipinski definition) is 3. The maximum Gasteiger partial charge on any atom is 3.00 e. The van der Waals surface area contributed by atoms with Crippen LogP contribution in [0.1, 0.15) is 25.0 Å². The van der Waals surface area contributed by atoms with Gasteiger partial charge in [-0.15, -0.1) is 0 Å². The van der Waals surface area contributed by atoms with E-state index in [1.807, 2.05) is 45.9 Å². The van der Waals surface area contributed by atoms with Gasteiger partial charge in [-0.1, -0.05) is 24.3 Å². The van der Waals surface area contributed by atoms with E-state index in [1.165, 1.54) is 0 Å². The van der Waals surface area contributed by atoms with Gasteiger partial charge in [-0.25, -0.2) is 4.79 Å². The summed E-state index contributed by atoms with van der Waals surface area (Å²) in [6.07, 6.45) is -0.380. The Morgan fingerprint density at radius 3 is 1.89 bits per heavy atom. The monoisotopic (exact) mass is 466 g/mol. The van der Waals surface area contributed by atoms with E-state index in [0.717, 1.165) is 16.7 Å². The Balaban J connectivity index is -0.00000144. The molecule has 1 amide bonds. The molecule has 0 saturated carbocycles. The standard InChI is InChI=1S/C19H23NO3.3ClH.Ti/c1-5-20(6-2)19(22)23-16-12-8-10-14(4)18(16)17-13(3)9-7-11-15(17)21;;;;/h7-12,21H,5-6H2,1-4H3;3*1H;/q;;;;+3/p-3. The number of aryl methyl sites for hydroxylation is 2. The molecule has 0 fully saturated rings. The second kappa shape index (κ2) is 14.1. The zero-order chi connectivity index (χ0) is 17.0. The molecule has 0 atom stereocenters. The van der Waals surface area contributed by atoms with E-state index in [-0.39, 0.29) is 70.8 Å². The Morgan fingerprint density at radius 1 is 0.926 bits per heavy atom. The van der Waals surface area contributed by atoms with Crippen LogP contribution in [0.5, 0.6) is 11.5 Å². The number of aromatic hydroxyl groups is 1. The number of carbonyl (C=O) groups is 1. The Kier molecular flexibility index (Phi) is 16.1. The number of phenolic OH excluding ortho intramolecular Hbond substituents is 1. The third-order valence-electron chi connectivity index (χ3n) is 3.95. The minimum absolute atomic E-state index is 0. The number of phenols is 1. The fraction of sp³-hybridized carbons (Fsp3) is 0.316. The number of benzene rings is 2. The number of nitrogens with zero attached hydrogens (tertiary/aromatic N) is 1. The fourth-order valence-electron chi connectivity index (χ4n) is 2.66. The topological polar surface area (TPSA) is 49.8 Å². The molecule has 0 saturated heterocycles. The molecule has 0 aromatic heterocycles. The Bertz CT molecular complexity index is 705. The molecule has 2 aromatic carbocycles. The molecule has 0 spiro atoms. The largest absolute Gasteiger partial charge is 3.00 e. The summed E-state index contributed by atoms with van der Waals surface area (Å²) in [7, 11) is 0. The average Bonchev–Trinajstić information content (AvgIpc) is 2.50. The van der Waals surface area contributed by atoms with Crippen LogP contribution in [-0.2, 0) is 21.7 Å². The third kappa shape index (κ3) is 7.21. The minimum Gasteiger partial charge on any atom is -1.00 e. The van der Waals surface area contributed by atoms with Gasteiger partial charge in [0.2, 0.25) is 0 Å². The molecule has 0 aliphatic carbocycles. The number of rotatable bonds is 4. The molecule has 4 nitrogen and oxygen atoms in total. The maximum absolute atomic E-state index is 12.3. The van der Waals surface area contributed by atoms with Crippen molar-refractivity contribution in [3.8, 4) is 22.6 Å². The average molecular weight is 468 g/mol. The zero-order valence-corrected chi connectivity index (χ0v) is 19.6. The Morgan fingerprint density at radius 2 is 1.41 bits per heavy atom. The Hall–Kier alpha value is -0.906. The van der Waals surface area contributed by atoms with Crippen molar-refractivity contribution in [1.29, 1.82) is 0 Å². The molecule has 2 rings (SSSR count). The summed E-state index contributed by atoms with van der Waals surface area (Å²) in [4.78, 5) is 13.9. The SMILES string of the molecule is CCN(CC)C(=O)Oc1cccc(C)c1-c1c(C)cccc1O.[Cl-].[Cl-].[Cl-].[Ti+3]. The molecule has 1 N–H and O–H groups in total. The van der Waals surface area contributed by atoms with Gasteiger partial charge in [0, 0.05) is 24.2 Å². The van der Waals surface area contributed by atoms with Gasteiger partial charge >= 0.3 is 27.8 Å². The molecule has 0 aliphatic rings. The van der Waals surface area contributed by atoms with Crippen LogP contribution in [0.15, 0.2) is 36.4 Å². The van der Waals surface area contributed by atoms with Crippen LogP contribution in [0.4, 0.5) is 4.79 Å². The van der Waals surface area contributed by atoms with Crippen molar-refractivity contribution >= 4 is 6.09 Å². The maximum atomic E-state index is 12.3. The van der Waals surface area contributed by atoms with Crippen LogP contribution in [0.3, 0.4) is 0 Å². The molecule has 0 aliphatic heterocycles. The van der Waals surface area contributed by atoms with E-state index < -0.39 is 0 Å². The van der Waals surface area contributed by atoms with Crippen molar-refractivity contribution in [3.63, 3.8) is 0 Å². The molecular formula is C19H23Cl3NO3Ti. The van der Waals surface area contributed by atoms with Crippen molar-refractivity contribution in [2.24, 2.45) is 0 Å². The normalized spacial score (nSPS) is 8.89. The predicted molar refractivity (Wildman–Crippen MR) is 92.0 cm³/mol. The van der Waals surface area contributed by atoms with Crippen LogP contribution in [0, 0.1) is 13.8 Å². The van der Waals surface area contributed by atoms with Crippen LogP contribution < -0.4 is 42.0 Å². The minimum atomic E-state index is -0.380. The molecule has 0 heterocycles. The summed E-state index contributed by atoms with van der Waals surface area (Å²) in [6, 6.07) is 10.9.